The van der Waals surface area contributed by atoms with Crippen molar-refractivity contribution in [2.75, 3.05) is 13.1 Å². The molecule has 1 saturated heterocycles. The van der Waals surface area contributed by atoms with E-state index < -0.39 is 17.6 Å². The van der Waals surface area contributed by atoms with Gasteiger partial charge in [-0.2, -0.15) is 0 Å². The van der Waals surface area contributed by atoms with Crippen molar-refractivity contribution in [1.82, 2.24) is 20.7 Å². The van der Waals surface area contributed by atoms with Gasteiger partial charge in [0.25, 0.3) is 17.7 Å². The second-order valence-corrected chi connectivity index (χ2v) is 10.1. The van der Waals surface area contributed by atoms with E-state index in [2.05, 4.69) is 15.8 Å². The van der Waals surface area contributed by atoms with Crippen LogP contribution in [-0.2, 0) is 0 Å². The van der Waals surface area contributed by atoms with Crippen molar-refractivity contribution in [2.45, 2.75) is 25.7 Å². The Labute approximate surface area is 202 Å². The van der Waals surface area contributed by atoms with Crippen LogP contribution < -0.4 is 10.9 Å². The van der Waals surface area contributed by atoms with E-state index in [0.29, 0.717) is 30.8 Å². The van der Waals surface area contributed by atoms with Crippen LogP contribution in [0.25, 0.3) is 0 Å². The third kappa shape index (κ3) is 5.23. The zero-order valence-corrected chi connectivity index (χ0v) is 20.0. The lowest BCUT2D eigenvalue weighted by atomic mass is 9.97. The monoisotopic (exact) mass is 506 g/mol. The van der Waals surface area contributed by atoms with Crippen molar-refractivity contribution >= 4 is 52.0 Å². The molecule has 1 fully saturated rings. The molecule has 11 heteroatoms. The highest BCUT2D eigenvalue weighted by Gasteiger charge is 2.29. The van der Waals surface area contributed by atoms with Crippen LogP contribution in [0.15, 0.2) is 35.7 Å². The molecule has 0 radical (unpaired) electrons. The van der Waals surface area contributed by atoms with Gasteiger partial charge in [0.05, 0.1) is 20.5 Å². The first-order valence-corrected chi connectivity index (χ1v) is 12.3. The fraction of sp³-hybridized carbons (Fsp3) is 0.273. The molecule has 0 unspecified atom stereocenters. The van der Waals surface area contributed by atoms with Gasteiger partial charge in [-0.3, -0.25) is 25.2 Å². The number of aromatic nitrogens is 1. The molecule has 2 aromatic heterocycles. The number of likely N-dealkylation sites (tertiary alicyclic amines) is 1. The first-order chi connectivity index (χ1) is 15.8. The van der Waals surface area contributed by atoms with E-state index >= 15 is 0 Å². The topological polar surface area (TPSA) is 91.4 Å². The van der Waals surface area contributed by atoms with E-state index in [1.165, 1.54) is 40.9 Å². The molecule has 1 aromatic carbocycles. The Morgan fingerprint density at radius 3 is 2.52 bits per heavy atom. The van der Waals surface area contributed by atoms with Gasteiger partial charge in [0.15, 0.2) is 0 Å². The number of nitrogens with zero attached hydrogens (tertiary/aromatic N) is 2. The molecule has 0 saturated carbocycles. The maximum atomic E-state index is 14.1. The van der Waals surface area contributed by atoms with Crippen molar-refractivity contribution in [3.05, 3.63) is 72.6 Å². The van der Waals surface area contributed by atoms with Gasteiger partial charge in [0.1, 0.15) is 11.5 Å². The number of carbonyl (C=O) groups is 3. The molecule has 1 aliphatic rings. The number of halogens is 2. The van der Waals surface area contributed by atoms with Crippen LogP contribution in [0.2, 0.25) is 5.02 Å². The molecule has 0 bridgehead atoms. The predicted octanol–water partition coefficient (Wildman–Crippen LogP) is 4.40. The maximum absolute atomic E-state index is 14.1. The number of piperidine rings is 1. The minimum absolute atomic E-state index is 0.0837. The van der Waals surface area contributed by atoms with Gasteiger partial charge in [-0.05, 0) is 44.0 Å². The molecule has 1 aliphatic heterocycles. The van der Waals surface area contributed by atoms with E-state index in [1.54, 1.807) is 16.3 Å². The zero-order chi connectivity index (χ0) is 23.5. The van der Waals surface area contributed by atoms with Gasteiger partial charge in [0.2, 0.25) is 0 Å². The Hall–Kier alpha value is -2.82. The normalized spacial score (nSPS) is 14.2. The van der Waals surface area contributed by atoms with Crippen molar-refractivity contribution in [2.24, 2.45) is 0 Å². The number of thiazole rings is 1. The molecule has 0 aliphatic carbocycles. The summed E-state index contributed by atoms with van der Waals surface area (Å²) in [5.74, 6) is -1.86. The number of amides is 3. The van der Waals surface area contributed by atoms with Crippen LogP contribution in [0, 0.1) is 12.7 Å². The first kappa shape index (κ1) is 23.3. The Balaban J connectivity index is 1.32. The first-order valence-electron chi connectivity index (χ1n) is 10.2. The number of carbonyl (C=O) groups excluding carboxylic acids is 3. The number of rotatable bonds is 4. The number of benzene rings is 1. The van der Waals surface area contributed by atoms with E-state index in [-0.39, 0.29) is 28.1 Å². The molecule has 2 N–H and O–H groups in total. The Morgan fingerprint density at radius 2 is 1.85 bits per heavy atom. The number of thiophene rings is 1. The van der Waals surface area contributed by atoms with Crippen LogP contribution in [0.5, 0.6) is 0 Å². The molecular formula is C22H20ClFN4O3S2. The lowest BCUT2D eigenvalue weighted by molar-refractivity contribution is 0.0708. The van der Waals surface area contributed by atoms with E-state index in [0.717, 1.165) is 9.88 Å². The lowest BCUT2D eigenvalue weighted by Gasteiger charge is -2.31. The molecule has 3 amide bonds. The summed E-state index contributed by atoms with van der Waals surface area (Å²) in [6.07, 6.45) is 1.28. The number of hydrogen-bond acceptors (Lipinski definition) is 6. The van der Waals surface area contributed by atoms with E-state index in [1.807, 2.05) is 13.0 Å². The molecule has 4 rings (SSSR count). The quantitative estimate of drug-likeness (QED) is 0.513. The van der Waals surface area contributed by atoms with Crippen LogP contribution in [-0.4, -0.2) is 40.7 Å². The summed E-state index contributed by atoms with van der Waals surface area (Å²) in [5.41, 5.74) is 4.89. The highest BCUT2D eigenvalue weighted by molar-refractivity contribution is 7.14. The average molecular weight is 507 g/mol. The summed E-state index contributed by atoms with van der Waals surface area (Å²) in [7, 11) is 0. The standard InChI is InChI=1S/C22H20ClFN4O3S2/c1-12-5-6-17(33-12)20(30)27-26-19(29)16-11-32-21(25-16)13-7-9-28(10-8-13)22(31)18-14(23)3-2-4-15(18)24/h2-6,11,13H,7-10H2,1H3,(H,26,29)(H,27,30). The Kier molecular flexibility index (Phi) is 7.06. The number of aryl methyl sites for hydroxylation is 1. The number of hydrazine groups is 1. The van der Waals surface area contributed by atoms with E-state index in [4.69, 9.17) is 11.6 Å². The Bertz CT molecular complexity index is 1180. The minimum Gasteiger partial charge on any atom is -0.338 e. The van der Waals surface area contributed by atoms with Crippen LogP contribution in [0.3, 0.4) is 0 Å². The SMILES string of the molecule is Cc1ccc(C(=O)NNC(=O)c2csc(C3CCN(C(=O)c4c(F)cccc4Cl)CC3)n2)s1. The van der Waals surface area contributed by atoms with Crippen LogP contribution in [0.4, 0.5) is 4.39 Å². The summed E-state index contributed by atoms with van der Waals surface area (Å²) < 4.78 is 14.1. The molecule has 0 spiro atoms. The average Bonchev–Trinajstić information content (AvgIpc) is 3.47. The molecule has 7 nitrogen and oxygen atoms in total. The Morgan fingerprint density at radius 1 is 1.12 bits per heavy atom. The van der Waals surface area contributed by atoms with Crippen molar-refractivity contribution in [1.29, 1.82) is 0 Å². The van der Waals surface area contributed by atoms with Gasteiger partial charge >= 0.3 is 0 Å². The van der Waals surface area contributed by atoms with Crippen molar-refractivity contribution in [3.63, 3.8) is 0 Å². The third-order valence-electron chi connectivity index (χ3n) is 5.32. The van der Waals surface area contributed by atoms with Gasteiger partial charge in [0, 0.05) is 29.3 Å². The summed E-state index contributed by atoms with van der Waals surface area (Å²) in [6, 6.07) is 7.71. The summed E-state index contributed by atoms with van der Waals surface area (Å²) >= 11 is 8.72. The van der Waals surface area contributed by atoms with Crippen LogP contribution in [0.1, 0.15) is 59.2 Å². The minimum atomic E-state index is -0.633. The smallest absolute Gasteiger partial charge is 0.289 e. The molecule has 172 valence electrons. The van der Waals surface area contributed by atoms with Gasteiger partial charge in [-0.15, -0.1) is 22.7 Å². The maximum Gasteiger partial charge on any atom is 0.289 e. The second-order valence-electron chi connectivity index (χ2n) is 7.55. The summed E-state index contributed by atoms with van der Waals surface area (Å²) in [4.78, 5) is 44.7. The van der Waals surface area contributed by atoms with Crippen molar-refractivity contribution in [3.8, 4) is 0 Å². The highest BCUT2D eigenvalue weighted by Crippen LogP contribution is 2.32. The predicted molar refractivity (Wildman–Crippen MR) is 125 cm³/mol. The summed E-state index contributed by atoms with van der Waals surface area (Å²) in [5, 5.41) is 2.53. The van der Waals surface area contributed by atoms with Gasteiger partial charge in [-0.1, -0.05) is 17.7 Å². The van der Waals surface area contributed by atoms with E-state index in [9.17, 15) is 18.8 Å². The molecule has 3 heterocycles. The van der Waals surface area contributed by atoms with Gasteiger partial charge < -0.3 is 4.90 Å². The fourth-order valence-corrected chi connectivity index (χ4v) is 5.54. The molecular weight excluding hydrogens is 487 g/mol. The lowest BCUT2D eigenvalue weighted by Crippen LogP contribution is -2.41. The second kappa shape index (κ2) is 9.98. The van der Waals surface area contributed by atoms with Crippen LogP contribution >= 0.6 is 34.3 Å². The summed E-state index contributed by atoms with van der Waals surface area (Å²) in [6.45, 7) is 2.77. The van der Waals surface area contributed by atoms with Crippen molar-refractivity contribution < 1.29 is 18.8 Å². The zero-order valence-electron chi connectivity index (χ0n) is 17.6. The number of nitrogens with one attached hydrogen (secondary N) is 2. The number of hydrogen-bond donors (Lipinski definition) is 2. The largest absolute Gasteiger partial charge is 0.338 e. The molecule has 0 atom stereocenters. The molecule has 3 aromatic rings. The fourth-order valence-electron chi connectivity index (χ4n) is 3.56. The highest BCUT2D eigenvalue weighted by atomic mass is 35.5. The third-order valence-corrected chi connectivity index (χ3v) is 7.64. The molecule has 33 heavy (non-hydrogen) atoms. The van der Waals surface area contributed by atoms with Gasteiger partial charge in [-0.25, -0.2) is 9.37 Å².